The molecular formula is C14H9Br3ClF. The number of hydrogen-bond acceptors (Lipinski definition) is 0. The van der Waals surface area contributed by atoms with Gasteiger partial charge in [0.15, 0.2) is 0 Å². The van der Waals surface area contributed by atoms with Gasteiger partial charge < -0.3 is 0 Å². The van der Waals surface area contributed by atoms with Crippen molar-refractivity contribution >= 4 is 59.4 Å². The van der Waals surface area contributed by atoms with Crippen molar-refractivity contribution in [2.75, 3.05) is 0 Å². The summed E-state index contributed by atoms with van der Waals surface area (Å²) in [6, 6.07) is 10.7. The summed E-state index contributed by atoms with van der Waals surface area (Å²) in [4.78, 5) is -0.00398. The molecule has 19 heavy (non-hydrogen) atoms. The molecule has 1 unspecified atom stereocenters. The fourth-order valence-corrected chi connectivity index (χ4v) is 3.94. The molecule has 0 spiro atoms. The van der Waals surface area contributed by atoms with E-state index < -0.39 is 0 Å². The zero-order valence-electron chi connectivity index (χ0n) is 9.64. The highest BCUT2D eigenvalue weighted by molar-refractivity contribution is 9.11. The van der Waals surface area contributed by atoms with E-state index in [0.717, 1.165) is 14.5 Å². The van der Waals surface area contributed by atoms with Crippen molar-refractivity contribution in [3.63, 3.8) is 0 Å². The lowest BCUT2D eigenvalue weighted by Crippen LogP contribution is -1.99. The second-order valence-electron chi connectivity index (χ2n) is 4.07. The van der Waals surface area contributed by atoms with E-state index in [1.54, 1.807) is 12.1 Å². The molecule has 2 aromatic carbocycles. The van der Waals surface area contributed by atoms with Gasteiger partial charge in [0.05, 0.1) is 0 Å². The number of rotatable bonds is 3. The Kier molecular flexibility index (Phi) is 5.46. The van der Waals surface area contributed by atoms with Gasteiger partial charge in [-0.3, -0.25) is 0 Å². The second-order valence-corrected chi connectivity index (χ2v) is 7.42. The summed E-state index contributed by atoms with van der Waals surface area (Å²) < 4.78 is 15.7. The van der Waals surface area contributed by atoms with Gasteiger partial charge in [-0.25, -0.2) is 4.39 Å². The lowest BCUT2D eigenvalue weighted by atomic mass is 10.0. The Morgan fingerprint density at radius 3 is 2.32 bits per heavy atom. The van der Waals surface area contributed by atoms with E-state index in [2.05, 4.69) is 47.8 Å². The minimum absolute atomic E-state index is 0.00398. The predicted octanol–water partition coefficient (Wildman–Crippen LogP) is 6.68. The fourth-order valence-electron chi connectivity index (χ4n) is 1.78. The van der Waals surface area contributed by atoms with E-state index in [9.17, 15) is 4.39 Å². The van der Waals surface area contributed by atoms with Crippen LogP contribution in [0.1, 0.15) is 16.0 Å². The van der Waals surface area contributed by atoms with Crippen molar-refractivity contribution in [1.29, 1.82) is 0 Å². The molecule has 1 atom stereocenters. The molecule has 0 amide bonds. The summed E-state index contributed by atoms with van der Waals surface area (Å²) in [7, 11) is 0. The zero-order chi connectivity index (χ0) is 14.0. The molecule has 0 aliphatic heterocycles. The van der Waals surface area contributed by atoms with Crippen LogP contribution in [0.4, 0.5) is 4.39 Å². The highest BCUT2D eigenvalue weighted by atomic mass is 79.9. The van der Waals surface area contributed by atoms with Crippen LogP contribution in [0.3, 0.4) is 0 Å². The lowest BCUT2D eigenvalue weighted by molar-refractivity contribution is 0.608. The maximum atomic E-state index is 13.8. The van der Waals surface area contributed by atoms with E-state index in [-0.39, 0.29) is 10.6 Å². The van der Waals surface area contributed by atoms with Gasteiger partial charge >= 0.3 is 0 Å². The number of hydrogen-bond donors (Lipinski definition) is 0. The van der Waals surface area contributed by atoms with Gasteiger partial charge in [-0.05, 0) is 42.3 Å². The molecular weight excluding hydrogens is 462 g/mol. The van der Waals surface area contributed by atoms with Crippen LogP contribution in [-0.4, -0.2) is 0 Å². The van der Waals surface area contributed by atoms with Crippen molar-refractivity contribution in [2.45, 2.75) is 11.2 Å². The van der Waals surface area contributed by atoms with Gasteiger partial charge in [0.1, 0.15) is 5.82 Å². The average molecular weight is 471 g/mol. The van der Waals surface area contributed by atoms with Crippen LogP contribution in [-0.2, 0) is 6.42 Å². The van der Waals surface area contributed by atoms with Crippen LogP contribution in [0.2, 0.25) is 5.02 Å². The van der Waals surface area contributed by atoms with E-state index in [1.165, 1.54) is 6.07 Å². The van der Waals surface area contributed by atoms with E-state index in [0.29, 0.717) is 17.0 Å². The molecule has 0 radical (unpaired) electrons. The van der Waals surface area contributed by atoms with Crippen molar-refractivity contribution < 1.29 is 4.39 Å². The minimum atomic E-state index is -0.272. The first-order chi connectivity index (χ1) is 8.97. The summed E-state index contributed by atoms with van der Waals surface area (Å²) in [5.41, 5.74) is 1.59. The Morgan fingerprint density at radius 2 is 1.74 bits per heavy atom. The second kappa shape index (κ2) is 6.70. The quantitative estimate of drug-likeness (QED) is 0.438. The Morgan fingerprint density at radius 1 is 1.11 bits per heavy atom. The fraction of sp³-hybridized carbons (Fsp3) is 0.143. The molecule has 0 aliphatic carbocycles. The summed E-state index contributed by atoms with van der Waals surface area (Å²) in [5, 5.41) is 0.457. The molecule has 0 saturated carbocycles. The summed E-state index contributed by atoms with van der Waals surface area (Å²) >= 11 is 16.5. The first kappa shape index (κ1) is 15.5. The van der Waals surface area contributed by atoms with Gasteiger partial charge in [-0.1, -0.05) is 65.5 Å². The topological polar surface area (TPSA) is 0 Å². The first-order valence-corrected chi connectivity index (χ1v) is 8.38. The maximum Gasteiger partial charge on any atom is 0.127 e. The van der Waals surface area contributed by atoms with Crippen LogP contribution in [0.25, 0.3) is 0 Å². The lowest BCUT2D eigenvalue weighted by Gasteiger charge is -2.13. The Balaban J connectivity index is 2.28. The monoisotopic (exact) mass is 468 g/mol. The SMILES string of the molecule is Fc1cccc(Cl)c1CC(Br)c1cc(Br)cc(Br)c1. The standard InChI is InChI=1S/C14H9Br3ClF/c15-9-4-8(5-10(16)6-9)12(17)7-11-13(18)2-1-3-14(11)19/h1-6,12H,7H2. The predicted molar refractivity (Wildman–Crippen MR) is 88.6 cm³/mol. The average Bonchev–Trinajstić information content (AvgIpc) is 2.32. The molecule has 0 N–H and O–H groups in total. The Labute approximate surface area is 141 Å². The van der Waals surface area contributed by atoms with Crippen molar-refractivity contribution in [1.82, 2.24) is 0 Å². The molecule has 0 fully saturated rings. The summed E-state index contributed by atoms with van der Waals surface area (Å²) in [6.07, 6.45) is 0.494. The zero-order valence-corrected chi connectivity index (χ0v) is 15.2. The molecule has 0 aromatic heterocycles. The molecule has 2 rings (SSSR count). The van der Waals surface area contributed by atoms with Gasteiger partial charge in [0.25, 0.3) is 0 Å². The van der Waals surface area contributed by atoms with Gasteiger partial charge in [0.2, 0.25) is 0 Å². The number of benzene rings is 2. The normalized spacial score (nSPS) is 12.5. The Hall–Kier alpha value is 0.1000. The molecule has 100 valence electrons. The van der Waals surface area contributed by atoms with Crippen LogP contribution >= 0.6 is 59.4 Å². The number of halogens is 5. The van der Waals surface area contributed by atoms with Crippen LogP contribution < -0.4 is 0 Å². The van der Waals surface area contributed by atoms with Crippen molar-refractivity contribution in [3.05, 3.63) is 67.3 Å². The minimum Gasteiger partial charge on any atom is -0.207 e. The summed E-state index contributed by atoms with van der Waals surface area (Å²) in [5.74, 6) is -0.272. The van der Waals surface area contributed by atoms with Gasteiger partial charge in [-0.2, -0.15) is 0 Å². The highest BCUT2D eigenvalue weighted by Crippen LogP contribution is 2.34. The molecule has 5 heteroatoms. The van der Waals surface area contributed by atoms with Crippen LogP contribution in [0.15, 0.2) is 45.3 Å². The third-order valence-electron chi connectivity index (χ3n) is 2.69. The van der Waals surface area contributed by atoms with E-state index >= 15 is 0 Å². The molecule has 0 aliphatic rings. The van der Waals surface area contributed by atoms with Crippen LogP contribution in [0, 0.1) is 5.82 Å². The van der Waals surface area contributed by atoms with Crippen LogP contribution in [0.5, 0.6) is 0 Å². The maximum absolute atomic E-state index is 13.8. The largest absolute Gasteiger partial charge is 0.207 e. The highest BCUT2D eigenvalue weighted by Gasteiger charge is 2.15. The third kappa shape index (κ3) is 4.03. The van der Waals surface area contributed by atoms with Crippen molar-refractivity contribution in [2.24, 2.45) is 0 Å². The number of alkyl halides is 1. The molecule has 0 saturated heterocycles. The molecule has 0 nitrogen and oxygen atoms in total. The van der Waals surface area contributed by atoms with Crippen molar-refractivity contribution in [3.8, 4) is 0 Å². The summed E-state index contributed by atoms with van der Waals surface area (Å²) in [6.45, 7) is 0. The molecule has 0 bridgehead atoms. The first-order valence-electron chi connectivity index (χ1n) is 5.50. The van der Waals surface area contributed by atoms with Gasteiger partial charge in [0, 0.05) is 24.4 Å². The molecule has 2 aromatic rings. The Bertz CT molecular complexity index is 561. The van der Waals surface area contributed by atoms with E-state index in [1.807, 2.05) is 18.2 Å². The molecule has 0 heterocycles. The van der Waals surface area contributed by atoms with Gasteiger partial charge in [-0.15, -0.1) is 0 Å². The third-order valence-corrected chi connectivity index (χ3v) is 4.81. The van der Waals surface area contributed by atoms with E-state index in [4.69, 9.17) is 11.6 Å². The smallest absolute Gasteiger partial charge is 0.127 e.